The lowest BCUT2D eigenvalue weighted by atomic mass is 10.1. The number of carbonyl (C=O) groups excluding carboxylic acids is 1. The van der Waals surface area contributed by atoms with E-state index in [1.807, 2.05) is 32.0 Å². The van der Waals surface area contributed by atoms with Crippen LogP contribution in [-0.2, 0) is 6.42 Å². The molecule has 0 aliphatic carbocycles. The van der Waals surface area contributed by atoms with Gasteiger partial charge in [0.1, 0.15) is 5.82 Å². The number of urea groups is 1. The molecule has 1 N–H and O–H groups in total. The number of aromatic nitrogens is 2. The Hall–Kier alpha value is -3.22. The summed E-state index contributed by atoms with van der Waals surface area (Å²) in [5, 5.41) is 6.81. The lowest BCUT2D eigenvalue weighted by Gasteiger charge is -2.18. The number of likely N-dealkylation sites (N-methyl/N-ethyl adjacent to an activating group) is 1. The molecule has 0 aliphatic heterocycles. The van der Waals surface area contributed by atoms with Crippen molar-refractivity contribution in [2.45, 2.75) is 20.3 Å². The quantitative estimate of drug-likeness (QED) is 0.733. The van der Waals surface area contributed by atoms with Crippen molar-refractivity contribution in [1.29, 1.82) is 0 Å². The van der Waals surface area contributed by atoms with Crippen molar-refractivity contribution in [3.05, 3.63) is 65.2 Å². The number of hydrogen-bond acceptors (Lipinski definition) is 4. The van der Waals surface area contributed by atoms with Crippen molar-refractivity contribution < 1.29 is 13.7 Å². The maximum atomic E-state index is 13.0. The summed E-state index contributed by atoms with van der Waals surface area (Å²) in [6.45, 7) is 4.40. The van der Waals surface area contributed by atoms with Crippen LogP contribution in [0.2, 0.25) is 0 Å². The molecule has 0 atom stereocenters. The van der Waals surface area contributed by atoms with Gasteiger partial charge in [-0.25, -0.2) is 9.18 Å². The average molecular weight is 368 g/mol. The van der Waals surface area contributed by atoms with Gasteiger partial charge < -0.3 is 14.7 Å². The molecule has 0 radical (unpaired) electrons. The normalized spacial score (nSPS) is 10.7. The minimum Gasteiger partial charge on any atom is -0.334 e. The summed E-state index contributed by atoms with van der Waals surface area (Å²) in [6.07, 6.45) is 0.446. The van der Waals surface area contributed by atoms with Gasteiger partial charge in [0.2, 0.25) is 0 Å². The number of hydrogen-bond donors (Lipinski definition) is 1. The van der Waals surface area contributed by atoms with Crippen LogP contribution >= 0.6 is 0 Å². The highest BCUT2D eigenvalue weighted by Crippen LogP contribution is 2.18. The van der Waals surface area contributed by atoms with Crippen LogP contribution in [0.5, 0.6) is 0 Å². The van der Waals surface area contributed by atoms with Crippen LogP contribution in [-0.4, -0.2) is 34.7 Å². The molecule has 6 nitrogen and oxygen atoms in total. The highest BCUT2D eigenvalue weighted by Gasteiger charge is 2.13. The van der Waals surface area contributed by atoms with Gasteiger partial charge >= 0.3 is 6.03 Å². The average Bonchev–Trinajstić information content (AvgIpc) is 3.11. The van der Waals surface area contributed by atoms with Gasteiger partial charge in [0, 0.05) is 31.3 Å². The Morgan fingerprint density at radius 1 is 1.19 bits per heavy atom. The molecule has 3 rings (SSSR count). The lowest BCUT2D eigenvalue weighted by molar-refractivity contribution is 0.222. The van der Waals surface area contributed by atoms with Gasteiger partial charge in [0.15, 0.2) is 5.82 Å². The van der Waals surface area contributed by atoms with Crippen molar-refractivity contribution >= 4 is 11.7 Å². The van der Waals surface area contributed by atoms with Crippen LogP contribution in [0.25, 0.3) is 11.5 Å². The molecule has 27 heavy (non-hydrogen) atoms. The largest absolute Gasteiger partial charge is 0.334 e. The molecular weight excluding hydrogens is 347 g/mol. The maximum Gasteiger partial charge on any atom is 0.321 e. The number of halogens is 1. The van der Waals surface area contributed by atoms with Crippen LogP contribution in [0.1, 0.15) is 17.0 Å². The second-order valence-corrected chi connectivity index (χ2v) is 6.44. The number of aryl methyl sites for hydroxylation is 2. The first-order chi connectivity index (χ1) is 12.9. The summed E-state index contributed by atoms with van der Waals surface area (Å²) in [5.74, 6) is 0.489. The zero-order valence-electron chi connectivity index (χ0n) is 15.5. The first kappa shape index (κ1) is 18.6. The van der Waals surface area contributed by atoms with Crippen molar-refractivity contribution in [2.75, 3.05) is 18.9 Å². The number of benzene rings is 2. The minimum absolute atomic E-state index is 0.204. The maximum absolute atomic E-state index is 13.0. The van der Waals surface area contributed by atoms with Gasteiger partial charge in [0.25, 0.3) is 5.89 Å². The van der Waals surface area contributed by atoms with E-state index in [0.717, 1.165) is 16.8 Å². The van der Waals surface area contributed by atoms with Crippen molar-refractivity contribution in [1.82, 2.24) is 15.0 Å². The topological polar surface area (TPSA) is 71.3 Å². The van der Waals surface area contributed by atoms with Crippen molar-refractivity contribution in [3.63, 3.8) is 0 Å². The molecule has 2 aromatic carbocycles. The lowest BCUT2D eigenvalue weighted by Crippen LogP contribution is -2.33. The third kappa shape index (κ3) is 4.69. The van der Waals surface area contributed by atoms with Gasteiger partial charge in [0.05, 0.1) is 0 Å². The van der Waals surface area contributed by atoms with Gasteiger partial charge in [-0.2, -0.15) is 4.98 Å². The molecule has 0 aliphatic rings. The van der Waals surface area contributed by atoms with Gasteiger partial charge in [-0.1, -0.05) is 22.9 Å². The second kappa shape index (κ2) is 7.99. The summed E-state index contributed by atoms with van der Waals surface area (Å²) in [7, 11) is 1.71. The van der Waals surface area contributed by atoms with Gasteiger partial charge in [-0.3, -0.25) is 0 Å². The molecule has 3 aromatic rings. The van der Waals surface area contributed by atoms with Crippen LogP contribution in [0.3, 0.4) is 0 Å². The fourth-order valence-electron chi connectivity index (χ4n) is 2.60. The van der Waals surface area contributed by atoms with E-state index in [1.54, 1.807) is 24.1 Å². The Morgan fingerprint density at radius 3 is 2.63 bits per heavy atom. The first-order valence-corrected chi connectivity index (χ1v) is 8.60. The molecular formula is C20H21FN4O2. The predicted octanol–water partition coefficient (Wildman–Crippen LogP) is 4.20. The highest BCUT2D eigenvalue weighted by atomic mass is 19.1. The highest BCUT2D eigenvalue weighted by molar-refractivity contribution is 5.90. The standard InChI is InChI=1S/C20H21FN4O2/c1-13-4-9-17(14(2)12-13)22-20(26)25(3)11-10-18-23-19(27-24-18)15-5-7-16(21)8-6-15/h4-9,12H,10-11H2,1-3H3,(H,22,26). The van der Waals surface area contributed by atoms with E-state index in [1.165, 1.54) is 12.1 Å². The fraction of sp³-hybridized carbons (Fsp3) is 0.250. The Bertz CT molecular complexity index is 937. The van der Waals surface area contributed by atoms with E-state index < -0.39 is 0 Å². The SMILES string of the molecule is Cc1ccc(NC(=O)N(C)CCc2noc(-c3ccc(F)cc3)n2)c(C)c1. The van der Waals surface area contributed by atoms with Crippen LogP contribution in [0, 0.1) is 19.7 Å². The van der Waals surface area contributed by atoms with E-state index in [0.29, 0.717) is 30.2 Å². The van der Waals surface area contributed by atoms with E-state index >= 15 is 0 Å². The zero-order chi connectivity index (χ0) is 19.4. The number of amides is 2. The fourth-order valence-corrected chi connectivity index (χ4v) is 2.60. The van der Waals surface area contributed by atoms with E-state index in [2.05, 4.69) is 15.5 Å². The summed E-state index contributed by atoms with van der Waals surface area (Å²) >= 11 is 0. The molecule has 1 aromatic heterocycles. The summed E-state index contributed by atoms with van der Waals surface area (Å²) in [6, 6.07) is 11.5. The number of carbonyl (C=O) groups is 1. The van der Waals surface area contributed by atoms with E-state index in [9.17, 15) is 9.18 Å². The number of nitrogens with zero attached hydrogens (tertiary/aromatic N) is 3. The summed E-state index contributed by atoms with van der Waals surface area (Å²) in [4.78, 5) is 18.2. The van der Waals surface area contributed by atoms with Crippen LogP contribution in [0.4, 0.5) is 14.9 Å². The minimum atomic E-state index is -0.324. The number of anilines is 1. The molecule has 0 bridgehead atoms. The molecule has 0 saturated heterocycles. The van der Waals surface area contributed by atoms with Gasteiger partial charge in [-0.15, -0.1) is 0 Å². The second-order valence-electron chi connectivity index (χ2n) is 6.44. The summed E-state index contributed by atoms with van der Waals surface area (Å²) in [5.41, 5.74) is 3.60. The Morgan fingerprint density at radius 2 is 1.93 bits per heavy atom. The zero-order valence-corrected chi connectivity index (χ0v) is 15.5. The Kier molecular flexibility index (Phi) is 5.49. The molecule has 2 amide bonds. The summed E-state index contributed by atoms with van der Waals surface area (Å²) < 4.78 is 18.2. The molecule has 0 spiro atoms. The number of rotatable bonds is 5. The number of nitrogens with one attached hydrogen (secondary N) is 1. The molecule has 0 saturated carbocycles. The Labute approximate surface area is 157 Å². The molecule has 7 heteroatoms. The van der Waals surface area contributed by atoms with Crippen LogP contribution < -0.4 is 5.32 Å². The van der Waals surface area contributed by atoms with E-state index in [4.69, 9.17) is 4.52 Å². The molecule has 0 unspecified atom stereocenters. The predicted molar refractivity (Wildman–Crippen MR) is 101 cm³/mol. The first-order valence-electron chi connectivity index (χ1n) is 8.60. The monoisotopic (exact) mass is 368 g/mol. The molecule has 140 valence electrons. The molecule has 1 heterocycles. The van der Waals surface area contributed by atoms with Crippen molar-refractivity contribution in [2.24, 2.45) is 0 Å². The van der Waals surface area contributed by atoms with Gasteiger partial charge in [-0.05, 0) is 49.7 Å². The smallest absolute Gasteiger partial charge is 0.321 e. The van der Waals surface area contributed by atoms with E-state index in [-0.39, 0.29) is 11.8 Å². The van der Waals surface area contributed by atoms with Crippen molar-refractivity contribution in [3.8, 4) is 11.5 Å². The third-order valence-electron chi connectivity index (χ3n) is 4.20. The van der Waals surface area contributed by atoms with Crippen LogP contribution in [0.15, 0.2) is 47.0 Å². The molecule has 0 fully saturated rings. The third-order valence-corrected chi connectivity index (χ3v) is 4.20. The Balaban J connectivity index is 1.56.